The van der Waals surface area contributed by atoms with Crippen LogP contribution in [0.1, 0.15) is 42.1 Å². The number of rotatable bonds is 4. The Morgan fingerprint density at radius 1 is 1.53 bits per heavy atom. The van der Waals surface area contributed by atoms with Gasteiger partial charge < -0.3 is 11.1 Å². The number of carbonyl (C=O) groups excluding carboxylic acids is 1. The van der Waals surface area contributed by atoms with Gasteiger partial charge in [-0.2, -0.15) is 0 Å². The summed E-state index contributed by atoms with van der Waals surface area (Å²) in [7, 11) is 0. The molecule has 0 spiro atoms. The van der Waals surface area contributed by atoms with Gasteiger partial charge in [0.25, 0.3) is 5.91 Å². The predicted octanol–water partition coefficient (Wildman–Crippen LogP) is 2.50. The lowest BCUT2D eigenvalue weighted by atomic mass is 10.1. The number of nitrogen functional groups attached to an aromatic ring is 1. The number of hydrogen-bond acceptors (Lipinski definition) is 2. The maximum Gasteiger partial charge on any atom is 0.251 e. The van der Waals surface area contributed by atoms with Gasteiger partial charge in [0.1, 0.15) is 0 Å². The molecule has 0 aromatic heterocycles. The van der Waals surface area contributed by atoms with Crippen molar-refractivity contribution in [3.63, 3.8) is 0 Å². The third-order valence-corrected chi connectivity index (χ3v) is 3.30. The number of amides is 1. The molecule has 1 amide bonds. The van der Waals surface area contributed by atoms with Crippen molar-refractivity contribution in [2.75, 3.05) is 5.73 Å². The lowest BCUT2D eigenvalue weighted by Crippen LogP contribution is -2.32. The molecule has 3 nitrogen and oxygen atoms in total. The number of hydrogen-bond donors (Lipinski definition) is 2. The molecule has 1 atom stereocenters. The van der Waals surface area contributed by atoms with Crippen molar-refractivity contribution in [2.45, 2.75) is 39.2 Å². The topological polar surface area (TPSA) is 55.1 Å². The van der Waals surface area contributed by atoms with Gasteiger partial charge in [0, 0.05) is 17.3 Å². The summed E-state index contributed by atoms with van der Waals surface area (Å²) in [6, 6.07) is 5.70. The van der Waals surface area contributed by atoms with E-state index in [-0.39, 0.29) is 11.9 Å². The van der Waals surface area contributed by atoms with E-state index in [0.29, 0.717) is 11.3 Å². The molecule has 1 aromatic rings. The second-order valence-corrected chi connectivity index (χ2v) is 5.12. The molecule has 1 aromatic carbocycles. The number of aryl methyl sites for hydroxylation is 1. The van der Waals surface area contributed by atoms with Crippen LogP contribution in [0.15, 0.2) is 18.2 Å². The van der Waals surface area contributed by atoms with Crippen LogP contribution in [0.4, 0.5) is 5.69 Å². The first-order valence-corrected chi connectivity index (χ1v) is 6.23. The normalized spacial score (nSPS) is 16.6. The number of benzene rings is 1. The molecule has 0 bridgehead atoms. The van der Waals surface area contributed by atoms with Gasteiger partial charge in [0.05, 0.1) is 0 Å². The van der Waals surface area contributed by atoms with Crippen molar-refractivity contribution < 1.29 is 4.79 Å². The molecule has 1 aliphatic rings. The lowest BCUT2D eigenvalue weighted by molar-refractivity contribution is 0.0937. The maximum absolute atomic E-state index is 12.0. The van der Waals surface area contributed by atoms with Crippen molar-refractivity contribution in [3.05, 3.63) is 29.3 Å². The fraction of sp³-hybridized carbons (Fsp3) is 0.500. The molecule has 0 saturated heterocycles. The van der Waals surface area contributed by atoms with E-state index in [2.05, 4.69) is 12.2 Å². The largest absolute Gasteiger partial charge is 0.398 e. The van der Waals surface area contributed by atoms with Crippen molar-refractivity contribution in [1.29, 1.82) is 0 Å². The molecule has 1 fully saturated rings. The third-order valence-electron chi connectivity index (χ3n) is 3.30. The van der Waals surface area contributed by atoms with Crippen molar-refractivity contribution in [2.24, 2.45) is 5.92 Å². The summed E-state index contributed by atoms with van der Waals surface area (Å²) in [5, 5.41) is 3.02. The van der Waals surface area contributed by atoms with Crippen molar-refractivity contribution in [1.82, 2.24) is 5.32 Å². The molecule has 2 rings (SSSR count). The Bertz CT molecular complexity index is 424. The van der Waals surface area contributed by atoms with Crippen LogP contribution in [0, 0.1) is 12.8 Å². The second kappa shape index (κ2) is 4.78. The summed E-state index contributed by atoms with van der Waals surface area (Å²) in [6.45, 7) is 4.00. The van der Waals surface area contributed by atoms with Crippen LogP contribution in [0.25, 0.3) is 0 Å². The fourth-order valence-electron chi connectivity index (χ4n) is 2.00. The third kappa shape index (κ3) is 3.22. The van der Waals surface area contributed by atoms with Crippen LogP contribution >= 0.6 is 0 Å². The number of anilines is 1. The van der Waals surface area contributed by atoms with Crippen LogP contribution < -0.4 is 11.1 Å². The number of carbonyl (C=O) groups is 1. The van der Waals surface area contributed by atoms with E-state index in [1.807, 2.05) is 19.1 Å². The molecule has 1 aliphatic carbocycles. The Labute approximate surface area is 102 Å². The zero-order chi connectivity index (χ0) is 12.4. The van der Waals surface area contributed by atoms with Gasteiger partial charge in [0.2, 0.25) is 0 Å². The first-order valence-electron chi connectivity index (χ1n) is 6.23. The van der Waals surface area contributed by atoms with Crippen LogP contribution in [0.2, 0.25) is 0 Å². The Kier molecular flexibility index (Phi) is 3.36. The Morgan fingerprint density at radius 3 is 2.82 bits per heavy atom. The minimum absolute atomic E-state index is 0.0233. The zero-order valence-corrected chi connectivity index (χ0v) is 10.5. The van der Waals surface area contributed by atoms with Gasteiger partial charge in [-0.05, 0) is 43.9 Å². The fourth-order valence-corrected chi connectivity index (χ4v) is 2.00. The summed E-state index contributed by atoms with van der Waals surface area (Å²) in [4.78, 5) is 12.0. The molecule has 3 N–H and O–H groups in total. The standard InChI is InChI=1S/C14H20N2O/c1-9-3-6-12(8-13(9)15)14(17)16-10(2)7-11-4-5-11/h3,6,8,10-11H,4-5,7,15H2,1-2H3,(H,16,17). The monoisotopic (exact) mass is 232 g/mol. The predicted molar refractivity (Wildman–Crippen MR) is 69.9 cm³/mol. The Balaban J connectivity index is 1.95. The van der Waals surface area contributed by atoms with E-state index < -0.39 is 0 Å². The van der Waals surface area contributed by atoms with Gasteiger partial charge in [0.15, 0.2) is 0 Å². The molecule has 17 heavy (non-hydrogen) atoms. The highest BCUT2D eigenvalue weighted by Crippen LogP contribution is 2.33. The van der Waals surface area contributed by atoms with E-state index in [0.717, 1.165) is 17.9 Å². The molecule has 1 saturated carbocycles. The summed E-state index contributed by atoms with van der Waals surface area (Å²) in [5.41, 5.74) is 8.13. The lowest BCUT2D eigenvalue weighted by Gasteiger charge is -2.13. The minimum Gasteiger partial charge on any atom is -0.398 e. The maximum atomic E-state index is 12.0. The molecular weight excluding hydrogens is 212 g/mol. The van der Waals surface area contributed by atoms with E-state index in [9.17, 15) is 4.79 Å². The first-order chi connectivity index (χ1) is 8.06. The van der Waals surface area contributed by atoms with E-state index in [1.165, 1.54) is 12.8 Å². The smallest absolute Gasteiger partial charge is 0.251 e. The van der Waals surface area contributed by atoms with E-state index in [4.69, 9.17) is 5.73 Å². The summed E-state index contributed by atoms with van der Waals surface area (Å²) in [6.07, 6.45) is 3.72. The molecule has 0 aliphatic heterocycles. The highest BCUT2D eigenvalue weighted by molar-refractivity contribution is 5.95. The van der Waals surface area contributed by atoms with Crippen LogP contribution in [0.5, 0.6) is 0 Å². The highest BCUT2D eigenvalue weighted by atomic mass is 16.1. The second-order valence-electron chi connectivity index (χ2n) is 5.12. The van der Waals surface area contributed by atoms with Crippen molar-refractivity contribution in [3.8, 4) is 0 Å². The van der Waals surface area contributed by atoms with E-state index in [1.54, 1.807) is 6.07 Å². The first kappa shape index (κ1) is 12.0. The van der Waals surface area contributed by atoms with Crippen LogP contribution in [-0.2, 0) is 0 Å². The minimum atomic E-state index is -0.0233. The number of nitrogens with two attached hydrogens (primary N) is 1. The summed E-state index contributed by atoms with van der Waals surface area (Å²) >= 11 is 0. The summed E-state index contributed by atoms with van der Waals surface area (Å²) in [5.74, 6) is 0.804. The number of nitrogens with one attached hydrogen (secondary N) is 1. The van der Waals surface area contributed by atoms with E-state index >= 15 is 0 Å². The SMILES string of the molecule is Cc1ccc(C(=O)NC(C)CC2CC2)cc1N. The molecule has 0 radical (unpaired) electrons. The molecular formula is C14H20N2O. The highest BCUT2D eigenvalue weighted by Gasteiger charge is 2.24. The van der Waals surface area contributed by atoms with Gasteiger partial charge in [-0.1, -0.05) is 18.9 Å². The van der Waals surface area contributed by atoms with Gasteiger partial charge in [-0.15, -0.1) is 0 Å². The summed E-state index contributed by atoms with van der Waals surface area (Å²) < 4.78 is 0. The van der Waals surface area contributed by atoms with Crippen LogP contribution in [0.3, 0.4) is 0 Å². The van der Waals surface area contributed by atoms with Gasteiger partial charge >= 0.3 is 0 Å². The quantitative estimate of drug-likeness (QED) is 0.784. The average molecular weight is 232 g/mol. The average Bonchev–Trinajstić information content (AvgIpc) is 3.05. The van der Waals surface area contributed by atoms with Crippen molar-refractivity contribution >= 4 is 11.6 Å². The van der Waals surface area contributed by atoms with Gasteiger partial charge in [-0.3, -0.25) is 4.79 Å². The molecule has 92 valence electrons. The Morgan fingerprint density at radius 2 is 2.24 bits per heavy atom. The van der Waals surface area contributed by atoms with Gasteiger partial charge in [-0.25, -0.2) is 0 Å². The zero-order valence-electron chi connectivity index (χ0n) is 10.5. The molecule has 0 heterocycles. The Hall–Kier alpha value is -1.51. The molecule has 3 heteroatoms. The van der Waals surface area contributed by atoms with Crippen LogP contribution in [-0.4, -0.2) is 11.9 Å². The molecule has 1 unspecified atom stereocenters.